The van der Waals surface area contributed by atoms with Crippen LogP contribution in [0.15, 0.2) is 36.9 Å². The number of benzene rings is 1. The minimum Gasteiger partial charge on any atom is -0.365 e. The van der Waals surface area contributed by atoms with Crippen molar-refractivity contribution in [2.45, 2.75) is 38.6 Å². The maximum absolute atomic E-state index is 5.03. The fourth-order valence-corrected chi connectivity index (χ4v) is 5.51. The largest absolute Gasteiger partial charge is 0.365 e. The molecule has 0 atom stereocenters. The standard InChI is InChI=1S/C23H30N6S/c1-3-11-27-12-14-28(15-13-27)23-26-29-21(24-19-9-4-5-10-19)20(25-22(29)30-23)18-8-6-7-17(2)16-18/h3,6-8,16,19,24H,1,4-5,9-15H2,2H3. The van der Waals surface area contributed by atoms with Crippen molar-refractivity contribution in [1.82, 2.24) is 19.5 Å². The Morgan fingerprint density at radius 2 is 2.00 bits per heavy atom. The van der Waals surface area contributed by atoms with Crippen LogP contribution in [-0.2, 0) is 0 Å². The van der Waals surface area contributed by atoms with Crippen LogP contribution in [-0.4, -0.2) is 58.3 Å². The smallest absolute Gasteiger partial charge is 0.216 e. The zero-order valence-electron chi connectivity index (χ0n) is 17.7. The van der Waals surface area contributed by atoms with E-state index in [1.54, 1.807) is 11.3 Å². The number of imidazole rings is 1. The fraction of sp³-hybridized carbons (Fsp3) is 0.478. The summed E-state index contributed by atoms with van der Waals surface area (Å²) in [5.41, 5.74) is 3.43. The van der Waals surface area contributed by atoms with Crippen LogP contribution in [0.5, 0.6) is 0 Å². The van der Waals surface area contributed by atoms with Crippen LogP contribution >= 0.6 is 11.3 Å². The van der Waals surface area contributed by atoms with Gasteiger partial charge in [0.15, 0.2) is 5.82 Å². The van der Waals surface area contributed by atoms with Crippen molar-refractivity contribution >= 4 is 27.2 Å². The molecule has 0 radical (unpaired) electrons. The average molecular weight is 423 g/mol. The summed E-state index contributed by atoms with van der Waals surface area (Å²) in [6, 6.07) is 9.12. The van der Waals surface area contributed by atoms with E-state index in [4.69, 9.17) is 10.1 Å². The molecule has 3 aromatic rings. The first-order valence-electron chi connectivity index (χ1n) is 11.0. The summed E-state index contributed by atoms with van der Waals surface area (Å²) in [4.78, 5) is 10.8. The second-order valence-corrected chi connectivity index (χ2v) is 9.39. The van der Waals surface area contributed by atoms with Gasteiger partial charge in [-0.2, -0.15) is 4.52 Å². The number of fused-ring (bicyclic) bond motifs is 1. The monoisotopic (exact) mass is 422 g/mol. The lowest BCUT2D eigenvalue weighted by Crippen LogP contribution is -2.46. The Kier molecular flexibility index (Phi) is 5.48. The topological polar surface area (TPSA) is 48.7 Å². The molecule has 0 bridgehead atoms. The van der Waals surface area contributed by atoms with Gasteiger partial charge in [0.05, 0.1) is 0 Å². The molecule has 1 saturated carbocycles. The van der Waals surface area contributed by atoms with Crippen LogP contribution in [0.1, 0.15) is 31.2 Å². The second kappa shape index (κ2) is 8.40. The molecule has 3 heterocycles. The highest BCUT2D eigenvalue weighted by molar-refractivity contribution is 7.20. The van der Waals surface area contributed by atoms with E-state index in [1.807, 2.05) is 10.6 Å². The zero-order valence-corrected chi connectivity index (χ0v) is 18.5. The predicted octanol–water partition coefficient (Wildman–Crippen LogP) is 4.43. The van der Waals surface area contributed by atoms with Gasteiger partial charge in [-0.25, -0.2) is 4.98 Å². The number of aromatic nitrogens is 3. The van der Waals surface area contributed by atoms with E-state index >= 15 is 0 Å². The van der Waals surface area contributed by atoms with E-state index in [9.17, 15) is 0 Å². The Labute approximate surface area is 182 Å². The molecule has 158 valence electrons. The van der Waals surface area contributed by atoms with Gasteiger partial charge in [0.1, 0.15) is 5.69 Å². The second-order valence-electron chi connectivity index (χ2n) is 8.46. The normalized spacial score (nSPS) is 18.4. The first kappa shape index (κ1) is 19.6. The summed E-state index contributed by atoms with van der Waals surface area (Å²) in [6.07, 6.45) is 7.04. The molecule has 6 nitrogen and oxygen atoms in total. The molecule has 2 aliphatic rings. The number of nitrogens with one attached hydrogen (secondary N) is 1. The van der Waals surface area contributed by atoms with Crippen LogP contribution in [0, 0.1) is 6.92 Å². The predicted molar refractivity (Wildman–Crippen MR) is 126 cm³/mol. The molecule has 1 N–H and O–H groups in total. The third kappa shape index (κ3) is 3.84. The number of rotatable bonds is 6. The zero-order chi connectivity index (χ0) is 20.5. The lowest BCUT2D eigenvalue weighted by atomic mass is 10.1. The number of piperazine rings is 1. The molecule has 1 aliphatic carbocycles. The number of anilines is 2. The lowest BCUT2D eigenvalue weighted by Gasteiger charge is -2.33. The first-order chi connectivity index (χ1) is 14.7. The van der Waals surface area contributed by atoms with Gasteiger partial charge in [-0.05, 0) is 25.8 Å². The highest BCUT2D eigenvalue weighted by atomic mass is 32.1. The van der Waals surface area contributed by atoms with Gasteiger partial charge < -0.3 is 10.2 Å². The Morgan fingerprint density at radius 1 is 1.20 bits per heavy atom. The van der Waals surface area contributed by atoms with E-state index in [0.29, 0.717) is 6.04 Å². The SMILES string of the molecule is C=CCN1CCN(c2nn3c(NC4CCCC4)c(-c4cccc(C)c4)nc3s2)CC1. The summed E-state index contributed by atoms with van der Waals surface area (Å²) in [5.74, 6) is 1.05. The summed E-state index contributed by atoms with van der Waals surface area (Å²) in [6.45, 7) is 11.1. The average Bonchev–Trinajstić information content (AvgIpc) is 3.47. The summed E-state index contributed by atoms with van der Waals surface area (Å²) >= 11 is 1.70. The molecule has 0 spiro atoms. The van der Waals surface area contributed by atoms with Gasteiger partial charge in [-0.3, -0.25) is 4.90 Å². The van der Waals surface area contributed by atoms with Gasteiger partial charge in [0, 0.05) is 44.3 Å². The Balaban J connectivity index is 1.47. The molecule has 1 aromatic carbocycles. The van der Waals surface area contributed by atoms with Crippen molar-refractivity contribution in [2.24, 2.45) is 0 Å². The Morgan fingerprint density at radius 3 is 2.73 bits per heavy atom. The lowest BCUT2D eigenvalue weighted by molar-refractivity contribution is 0.284. The highest BCUT2D eigenvalue weighted by Gasteiger charge is 2.25. The van der Waals surface area contributed by atoms with Gasteiger partial charge in [0.2, 0.25) is 10.1 Å². The van der Waals surface area contributed by atoms with Crippen LogP contribution in [0.2, 0.25) is 0 Å². The van der Waals surface area contributed by atoms with Gasteiger partial charge in [0.25, 0.3) is 0 Å². The quantitative estimate of drug-likeness (QED) is 0.596. The summed E-state index contributed by atoms with van der Waals surface area (Å²) in [5, 5.41) is 9.88. The fourth-order valence-electron chi connectivity index (χ4n) is 4.56. The number of hydrogen-bond acceptors (Lipinski definition) is 6. The summed E-state index contributed by atoms with van der Waals surface area (Å²) < 4.78 is 2.05. The molecule has 7 heteroatoms. The van der Waals surface area contributed by atoms with Crippen molar-refractivity contribution in [1.29, 1.82) is 0 Å². The number of hydrogen-bond donors (Lipinski definition) is 1. The van der Waals surface area contributed by atoms with Crippen molar-refractivity contribution in [2.75, 3.05) is 42.9 Å². The maximum Gasteiger partial charge on any atom is 0.216 e. The third-order valence-corrected chi connectivity index (χ3v) is 7.18. The van der Waals surface area contributed by atoms with Crippen LogP contribution < -0.4 is 10.2 Å². The van der Waals surface area contributed by atoms with Gasteiger partial charge in [-0.15, -0.1) is 11.7 Å². The van der Waals surface area contributed by atoms with Crippen molar-refractivity contribution in [3.8, 4) is 11.3 Å². The third-order valence-electron chi connectivity index (χ3n) is 6.21. The molecular formula is C23H30N6S. The van der Waals surface area contributed by atoms with E-state index in [0.717, 1.165) is 59.9 Å². The molecule has 1 saturated heterocycles. The Hall–Kier alpha value is -2.38. The van der Waals surface area contributed by atoms with Crippen molar-refractivity contribution in [3.63, 3.8) is 0 Å². The van der Waals surface area contributed by atoms with Crippen LogP contribution in [0.25, 0.3) is 16.2 Å². The van der Waals surface area contributed by atoms with Gasteiger partial charge in [-0.1, -0.05) is 54.0 Å². The summed E-state index contributed by atoms with van der Waals surface area (Å²) in [7, 11) is 0. The molecule has 2 fully saturated rings. The maximum atomic E-state index is 5.03. The van der Waals surface area contributed by atoms with Gasteiger partial charge >= 0.3 is 0 Å². The molecular weight excluding hydrogens is 392 g/mol. The van der Waals surface area contributed by atoms with Crippen molar-refractivity contribution < 1.29 is 0 Å². The number of aryl methyl sites for hydroxylation is 1. The molecule has 5 rings (SSSR count). The molecule has 0 amide bonds. The van der Waals surface area contributed by atoms with E-state index in [-0.39, 0.29) is 0 Å². The van der Waals surface area contributed by atoms with Crippen molar-refractivity contribution in [3.05, 3.63) is 42.5 Å². The number of nitrogens with zero attached hydrogens (tertiary/aromatic N) is 5. The first-order valence-corrected chi connectivity index (χ1v) is 11.8. The van der Waals surface area contributed by atoms with E-state index in [1.165, 1.54) is 31.2 Å². The molecule has 0 unspecified atom stereocenters. The molecule has 30 heavy (non-hydrogen) atoms. The van der Waals surface area contributed by atoms with E-state index < -0.39 is 0 Å². The minimum absolute atomic E-state index is 0.515. The highest BCUT2D eigenvalue weighted by Crippen LogP contribution is 2.35. The minimum atomic E-state index is 0.515. The van der Waals surface area contributed by atoms with Crippen LogP contribution in [0.3, 0.4) is 0 Å². The Bertz CT molecular complexity index is 1020. The molecule has 2 aromatic heterocycles. The van der Waals surface area contributed by atoms with Crippen LogP contribution in [0.4, 0.5) is 10.9 Å². The van der Waals surface area contributed by atoms with E-state index in [2.05, 4.69) is 52.9 Å². The molecule has 1 aliphatic heterocycles.